The maximum absolute atomic E-state index is 11.3. The molecule has 1 aromatic rings. The summed E-state index contributed by atoms with van der Waals surface area (Å²) in [5.74, 6) is -0.922. The Kier molecular flexibility index (Phi) is 5.21. The molecule has 3 N–H and O–H groups in total. The summed E-state index contributed by atoms with van der Waals surface area (Å²) < 4.78 is 35.3. The Bertz CT molecular complexity index is 752. The van der Waals surface area contributed by atoms with Crippen LogP contribution < -0.4 is 17.1 Å². The molecule has 1 rings (SSSR count). The number of H-pyrrole nitrogens is 2. The van der Waals surface area contributed by atoms with Crippen LogP contribution in [0, 0.1) is 0 Å². The number of aromatic nitrogens is 3. The first kappa shape index (κ1) is 16.8. The second-order valence-corrected chi connectivity index (χ2v) is 5.93. The molecule has 0 aliphatic carbocycles. The van der Waals surface area contributed by atoms with Crippen LogP contribution in [0.3, 0.4) is 0 Å². The van der Waals surface area contributed by atoms with Crippen LogP contribution in [-0.2, 0) is 26.2 Å². The Hall–Kier alpha value is -2.21. The molecule has 0 aromatic carbocycles. The van der Waals surface area contributed by atoms with E-state index in [1.807, 2.05) is 9.97 Å². The molecule has 0 radical (unpaired) electrons. The van der Waals surface area contributed by atoms with Crippen LogP contribution in [0.4, 0.5) is 0 Å². The molecule has 0 amide bonds. The first-order valence-electron chi connectivity index (χ1n) is 5.66. The predicted octanol–water partition coefficient (Wildman–Crippen LogP) is -2.57. The third-order valence-electron chi connectivity index (χ3n) is 2.47. The highest BCUT2D eigenvalue weighted by atomic mass is 32.2. The highest BCUT2D eigenvalue weighted by Crippen LogP contribution is 2.04. The van der Waals surface area contributed by atoms with Gasteiger partial charge in [0.15, 0.2) is 0 Å². The summed E-state index contributed by atoms with van der Waals surface area (Å²) in [7, 11) is -4.34. The van der Waals surface area contributed by atoms with Gasteiger partial charge in [0.05, 0.1) is 18.2 Å². The van der Waals surface area contributed by atoms with E-state index in [-0.39, 0.29) is 13.2 Å². The number of nitrogens with one attached hydrogen (secondary N) is 2. The first-order valence-corrected chi connectivity index (χ1v) is 7.17. The molecule has 0 bridgehead atoms. The third kappa shape index (κ3) is 5.00. The average Bonchev–Trinajstić information content (AvgIpc) is 2.31. The van der Waals surface area contributed by atoms with Gasteiger partial charge in [-0.25, -0.2) is 19.0 Å². The molecule has 11 nitrogen and oxygen atoms in total. The van der Waals surface area contributed by atoms with Crippen LogP contribution in [0.1, 0.15) is 13.3 Å². The van der Waals surface area contributed by atoms with Crippen LogP contribution in [0.25, 0.3) is 0 Å². The van der Waals surface area contributed by atoms with Gasteiger partial charge in [0.1, 0.15) is 6.61 Å². The van der Waals surface area contributed by atoms with Crippen molar-refractivity contribution in [3.05, 3.63) is 31.5 Å². The van der Waals surface area contributed by atoms with Crippen molar-refractivity contribution in [1.29, 1.82) is 0 Å². The predicted molar refractivity (Wildman–Crippen MR) is 68.5 cm³/mol. The fourth-order valence-corrected chi connectivity index (χ4v) is 1.65. The second kappa shape index (κ2) is 6.49. The lowest BCUT2D eigenvalue weighted by Gasteiger charge is -2.08. The van der Waals surface area contributed by atoms with E-state index in [9.17, 15) is 27.6 Å². The molecule has 0 aliphatic heterocycles. The van der Waals surface area contributed by atoms with Gasteiger partial charge in [0.2, 0.25) is 0 Å². The minimum atomic E-state index is -4.34. The number of carbonyl (C=O) groups excluding carboxylic acids is 1. The van der Waals surface area contributed by atoms with Crippen molar-refractivity contribution < 1.29 is 22.5 Å². The number of rotatable bonds is 6. The van der Waals surface area contributed by atoms with E-state index in [2.05, 4.69) is 4.74 Å². The van der Waals surface area contributed by atoms with Crippen LogP contribution in [0.15, 0.2) is 14.4 Å². The molecule has 0 fully saturated rings. The normalized spacial score (nSPS) is 12.9. The van der Waals surface area contributed by atoms with E-state index in [0.29, 0.717) is 4.57 Å². The lowest BCUT2D eigenvalue weighted by molar-refractivity contribution is -0.143. The third-order valence-corrected chi connectivity index (χ3v) is 3.66. The lowest BCUT2D eigenvalue weighted by Crippen LogP contribution is -2.44. The highest BCUT2D eigenvalue weighted by Gasteiger charge is 2.21. The molecular formula is C9H13N3O8S. The zero-order chi connectivity index (χ0) is 16.2. The van der Waals surface area contributed by atoms with E-state index in [1.54, 1.807) is 0 Å². The molecule has 0 saturated carbocycles. The zero-order valence-electron chi connectivity index (χ0n) is 10.9. The molecule has 0 aliphatic rings. The van der Waals surface area contributed by atoms with E-state index in [0.717, 1.165) is 6.92 Å². The number of esters is 1. The molecule has 1 heterocycles. The van der Waals surface area contributed by atoms with Gasteiger partial charge in [-0.15, -0.1) is 0 Å². The zero-order valence-corrected chi connectivity index (χ0v) is 11.7. The van der Waals surface area contributed by atoms with Crippen LogP contribution in [0.5, 0.6) is 0 Å². The standard InChI is InChI=1S/C9H13N3O8S/c1-5(21(17,18)19)4-6(13)20-3-2-12-8(15)10-7(14)11-9(12)16/h5H,2-4H2,1H3,(H,17,18,19)(H2,10,11,14,15,16). The summed E-state index contributed by atoms with van der Waals surface area (Å²) >= 11 is 0. The number of carbonyl (C=O) groups is 1. The summed E-state index contributed by atoms with van der Waals surface area (Å²) in [6.07, 6.45) is -0.574. The molecule has 1 atom stereocenters. The number of nitrogens with zero attached hydrogens (tertiary/aromatic N) is 1. The van der Waals surface area contributed by atoms with Crippen molar-refractivity contribution in [3.8, 4) is 0 Å². The van der Waals surface area contributed by atoms with Gasteiger partial charge in [0, 0.05) is 0 Å². The highest BCUT2D eigenvalue weighted by molar-refractivity contribution is 7.86. The van der Waals surface area contributed by atoms with Crippen molar-refractivity contribution in [3.63, 3.8) is 0 Å². The van der Waals surface area contributed by atoms with Crippen molar-refractivity contribution in [2.45, 2.75) is 25.1 Å². The minimum absolute atomic E-state index is 0.322. The first-order chi connectivity index (χ1) is 9.61. The lowest BCUT2D eigenvalue weighted by atomic mass is 10.3. The number of aromatic amines is 2. The summed E-state index contributed by atoms with van der Waals surface area (Å²) in [4.78, 5) is 48.2. The fourth-order valence-electron chi connectivity index (χ4n) is 1.31. The molecular weight excluding hydrogens is 310 g/mol. The second-order valence-electron chi connectivity index (χ2n) is 4.09. The van der Waals surface area contributed by atoms with Crippen molar-refractivity contribution in [2.24, 2.45) is 0 Å². The van der Waals surface area contributed by atoms with Gasteiger partial charge >= 0.3 is 23.0 Å². The molecule has 12 heteroatoms. The van der Waals surface area contributed by atoms with Gasteiger partial charge in [-0.3, -0.25) is 19.3 Å². The summed E-state index contributed by atoms with van der Waals surface area (Å²) in [5.41, 5.74) is -2.89. The topological polar surface area (TPSA) is 168 Å². The van der Waals surface area contributed by atoms with E-state index in [4.69, 9.17) is 4.55 Å². The molecule has 1 aromatic heterocycles. The van der Waals surface area contributed by atoms with Crippen molar-refractivity contribution in [1.82, 2.24) is 14.5 Å². The van der Waals surface area contributed by atoms with Gasteiger partial charge in [-0.05, 0) is 6.92 Å². The summed E-state index contributed by atoms with van der Waals surface area (Å²) in [5, 5.41) is -1.33. The smallest absolute Gasteiger partial charge is 0.333 e. The van der Waals surface area contributed by atoms with Crippen molar-refractivity contribution >= 4 is 16.1 Å². The number of ether oxygens (including phenoxy) is 1. The Morgan fingerprint density at radius 3 is 2.29 bits per heavy atom. The molecule has 1 unspecified atom stereocenters. The Morgan fingerprint density at radius 1 is 1.29 bits per heavy atom. The average molecular weight is 323 g/mol. The molecule has 0 spiro atoms. The van der Waals surface area contributed by atoms with Gasteiger partial charge in [-0.2, -0.15) is 8.42 Å². The van der Waals surface area contributed by atoms with Gasteiger partial charge in [-0.1, -0.05) is 0 Å². The number of hydrogen-bond donors (Lipinski definition) is 3. The Morgan fingerprint density at radius 2 is 1.81 bits per heavy atom. The van der Waals surface area contributed by atoms with E-state index >= 15 is 0 Å². The van der Waals surface area contributed by atoms with E-state index in [1.165, 1.54) is 0 Å². The maximum atomic E-state index is 11.3. The summed E-state index contributed by atoms with van der Waals surface area (Å²) in [6, 6.07) is 0. The van der Waals surface area contributed by atoms with Crippen LogP contribution >= 0.6 is 0 Å². The van der Waals surface area contributed by atoms with Crippen LogP contribution in [0.2, 0.25) is 0 Å². The SMILES string of the molecule is CC(CC(=O)OCCn1c(=O)[nH]c(=O)[nH]c1=O)S(=O)(=O)O. The minimum Gasteiger partial charge on any atom is -0.464 e. The Balaban J connectivity index is 2.59. The molecule has 0 saturated heterocycles. The Labute approximate surface area is 117 Å². The van der Waals surface area contributed by atoms with Crippen molar-refractivity contribution in [2.75, 3.05) is 6.61 Å². The van der Waals surface area contributed by atoms with E-state index < -0.39 is 44.8 Å². The van der Waals surface area contributed by atoms with Gasteiger partial charge < -0.3 is 4.74 Å². The largest absolute Gasteiger partial charge is 0.464 e. The van der Waals surface area contributed by atoms with Crippen LogP contribution in [-0.4, -0.2) is 45.3 Å². The molecule has 118 valence electrons. The quantitative estimate of drug-likeness (QED) is 0.379. The van der Waals surface area contributed by atoms with Gasteiger partial charge in [0.25, 0.3) is 10.1 Å². The maximum Gasteiger partial charge on any atom is 0.333 e. The molecule has 21 heavy (non-hydrogen) atoms. The monoisotopic (exact) mass is 323 g/mol. The summed E-state index contributed by atoms with van der Waals surface area (Å²) in [6.45, 7) is 0.413. The number of hydrogen-bond acceptors (Lipinski definition) is 7. The fraction of sp³-hybridized carbons (Fsp3) is 0.556.